The summed E-state index contributed by atoms with van der Waals surface area (Å²) in [7, 11) is 0. The Morgan fingerprint density at radius 2 is 2.13 bits per heavy atom. The Morgan fingerprint density at radius 3 is 2.91 bits per heavy atom. The SMILES string of the molecule is C#Cc1cnc2ccc(CNC(C)c3cc(F)ccc3F)nn12. The number of nitrogens with zero attached hydrogens (tertiary/aromatic N) is 3. The van der Waals surface area contributed by atoms with Crippen molar-refractivity contribution >= 4 is 5.65 Å². The monoisotopic (exact) mass is 312 g/mol. The van der Waals surface area contributed by atoms with E-state index in [1.807, 2.05) is 6.07 Å². The molecule has 3 rings (SSSR count). The van der Waals surface area contributed by atoms with Gasteiger partial charge in [0.1, 0.15) is 17.3 Å². The average Bonchev–Trinajstić information content (AvgIpc) is 2.97. The van der Waals surface area contributed by atoms with E-state index in [4.69, 9.17) is 6.42 Å². The van der Waals surface area contributed by atoms with Crippen LogP contribution in [0.25, 0.3) is 5.65 Å². The van der Waals surface area contributed by atoms with Crippen molar-refractivity contribution in [1.29, 1.82) is 0 Å². The lowest BCUT2D eigenvalue weighted by Crippen LogP contribution is -2.20. The molecule has 1 N–H and O–H groups in total. The van der Waals surface area contributed by atoms with Crippen molar-refractivity contribution in [3.63, 3.8) is 0 Å². The maximum absolute atomic E-state index is 13.8. The third kappa shape index (κ3) is 3.05. The molecule has 0 aliphatic carbocycles. The predicted molar refractivity (Wildman–Crippen MR) is 82.5 cm³/mol. The van der Waals surface area contributed by atoms with E-state index >= 15 is 0 Å². The van der Waals surface area contributed by atoms with Crippen LogP contribution in [0.5, 0.6) is 0 Å². The normalized spacial score (nSPS) is 12.3. The van der Waals surface area contributed by atoms with Crippen molar-refractivity contribution in [2.24, 2.45) is 0 Å². The second kappa shape index (κ2) is 6.15. The number of rotatable bonds is 4. The summed E-state index contributed by atoms with van der Waals surface area (Å²) in [6.45, 7) is 2.15. The van der Waals surface area contributed by atoms with Crippen molar-refractivity contribution in [3.05, 3.63) is 65.1 Å². The molecule has 2 heterocycles. The molecule has 0 spiro atoms. The molecule has 0 aliphatic heterocycles. The highest BCUT2D eigenvalue weighted by Gasteiger charge is 2.12. The van der Waals surface area contributed by atoms with E-state index in [-0.39, 0.29) is 11.6 Å². The topological polar surface area (TPSA) is 42.2 Å². The van der Waals surface area contributed by atoms with Crippen LogP contribution in [-0.2, 0) is 6.54 Å². The highest BCUT2D eigenvalue weighted by molar-refractivity contribution is 5.42. The summed E-state index contributed by atoms with van der Waals surface area (Å²) in [5, 5.41) is 7.52. The zero-order valence-corrected chi connectivity index (χ0v) is 12.4. The van der Waals surface area contributed by atoms with Crippen LogP contribution in [0.1, 0.15) is 29.9 Å². The van der Waals surface area contributed by atoms with E-state index in [9.17, 15) is 8.78 Å². The molecule has 1 atom stereocenters. The molecule has 0 bridgehead atoms. The second-order valence-corrected chi connectivity index (χ2v) is 5.15. The molecular weight excluding hydrogens is 298 g/mol. The van der Waals surface area contributed by atoms with Crippen LogP contribution in [0.4, 0.5) is 8.78 Å². The number of benzene rings is 1. The highest BCUT2D eigenvalue weighted by Crippen LogP contribution is 2.18. The van der Waals surface area contributed by atoms with Crippen molar-refractivity contribution in [3.8, 4) is 12.3 Å². The van der Waals surface area contributed by atoms with Gasteiger partial charge in [0.05, 0.1) is 11.9 Å². The third-order valence-corrected chi connectivity index (χ3v) is 3.58. The molecule has 0 saturated heterocycles. The molecule has 4 nitrogen and oxygen atoms in total. The number of hydrogen-bond donors (Lipinski definition) is 1. The van der Waals surface area contributed by atoms with Gasteiger partial charge in [-0.15, -0.1) is 6.42 Å². The number of nitrogens with one attached hydrogen (secondary N) is 1. The first-order valence-electron chi connectivity index (χ1n) is 7.07. The number of aromatic nitrogens is 3. The summed E-state index contributed by atoms with van der Waals surface area (Å²) in [6.07, 6.45) is 6.97. The van der Waals surface area contributed by atoms with E-state index in [0.717, 1.165) is 17.8 Å². The Hall–Kier alpha value is -2.78. The third-order valence-electron chi connectivity index (χ3n) is 3.58. The van der Waals surface area contributed by atoms with Crippen LogP contribution in [0.3, 0.4) is 0 Å². The van der Waals surface area contributed by atoms with Crippen molar-refractivity contribution in [2.75, 3.05) is 0 Å². The molecule has 0 radical (unpaired) electrons. The molecule has 0 fully saturated rings. The van der Waals surface area contributed by atoms with E-state index in [1.165, 1.54) is 6.07 Å². The van der Waals surface area contributed by atoms with Gasteiger partial charge in [-0.1, -0.05) is 0 Å². The zero-order valence-electron chi connectivity index (χ0n) is 12.4. The Bertz CT molecular complexity index is 895. The molecule has 0 aliphatic rings. The van der Waals surface area contributed by atoms with E-state index in [2.05, 4.69) is 21.3 Å². The van der Waals surface area contributed by atoms with Crippen molar-refractivity contribution in [2.45, 2.75) is 19.5 Å². The van der Waals surface area contributed by atoms with Gasteiger partial charge in [-0.3, -0.25) is 0 Å². The maximum Gasteiger partial charge on any atom is 0.154 e. The standard InChI is InChI=1S/C17H14F2N4/c1-3-14-10-21-17-7-5-13(22-23(14)17)9-20-11(2)15-8-12(18)4-6-16(15)19/h1,4-8,10-11,20H,9H2,2H3. The molecule has 116 valence electrons. The fraction of sp³-hybridized carbons (Fsp3) is 0.176. The molecule has 6 heteroatoms. The van der Waals surface area contributed by atoms with Gasteiger partial charge in [0.25, 0.3) is 0 Å². The van der Waals surface area contributed by atoms with Gasteiger partial charge in [-0.05, 0) is 43.2 Å². The van der Waals surface area contributed by atoms with Crippen LogP contribution < -0.4 is 5.32 Å². The first kappa shape index (κ1) is 15.1. The number of fused-ring (bicyclic) bond motifs is 1. The molecule has 1 unspecified atom stereocenters. The van der Waals surface area contributed by atoms with Gasteiger partial charge in [0.15, 0.2) is 5.65 Å². The first-order valence-corrected chi connectivity index (χ1v) is 7.07. The van der Waals surface area contributed by atoms with Gasteiger partial charge >= 0.3 is 0 Å². The maximum atomic E-state index is 13.8. The molecule has 1 aromatic carbocycles. The van der Waals surface area contributed by atoms with E-state index in [1.54, 1.807) is 23.7 Å². The summed E-state index contributed by atoms with van der Waals surface area (Å²) in [6, 6.07) is 6.66. The molecule has 0 saturated carbocycles. The number of hydrogen-bond acceptors (Lipinski definition) is 3. The smallest absolute Gasteiger partial charge is 0.154 e. The molecule has 0 amide bonds. The number of halogens is 2. The minimum atomic E-state index is -0.466. The second-order valence-electron chi connectivity index (χ2n) is 5.15. The summed E-state index contributed by atoms with van der Waals surface area (Å²) in [5.74, 6) is 1.60. The Morgan fingerprint density at radius 1 is 1.30 bits per heavy atom. The van der Waals surface area contributed by atoms with E-state index < -0.39 is 11.6 Å². The fourth-order valence-corrected chi connectivity index (χ4v) is 2.32. The molecule has 3 aromatic rings. The molecule has 23 heavy (non-hydrogen) atoms. The van der Waals surface area contributed by atoms with E-state index in [0.29, 0.717) is 17.9 Å². The Kier molecular flexibility index (Phi) is 4.04. The fourth-order valence-electron chi connectivity index (χ4n) is 2.32. The molecule has 2 aromatic heterocycles. The minimum Gasteiger partial charge on any atom is -0.304 e. The summed E-state index contributed by atoms with van der Waals surface area (Å²) in [4.78, 5) is 4.14. The number of imidazole rings is 1. The zero-order chi connectivity index (χ0) is 16.4. The summed E-state index contributed by atoms with van der Waals surface area (Å²) in [5.41, 5.74) is 2.21. The average molecular weight is 312 g/mol. The lowest BCUT2D eigenvalue weighted by Gasteiger charge is -2.15. The van der Waals surface area contributed by atoms with Crippen LogP contribution >= 0.6 is 0 Å². The van der Waals surface area contributed by atoms with Crippen LogP contribution in [0.15, 0.2) is 36.5 Å². The van der Waals surface area contributed by atoms with Crippen LogP contribution in [0.2, 0.25) is 0 Å². The highest BCUT2D eigenvalue weighted by atomic mass is 19.1. The summed E-state index contributed by atoms with van der Waals surface area (Å²) >= 11 is 0. The van der Waals surface area contributed by atoms with Crippen molar-refractivity contribution in [1.82, 2.24) is 19.9 Å². The largest absolute Gasteiger partial charge is 0.304 e. The van der Waals surface area contributed by atoms with Gasteiger partial charge in [0.2, 0.25) is 0 Å². The number of terminal acetylenes is 1. The quantitative estimate of drug-likeness (QED) is 0.753. The van der Waals surface area contributed by atoms with Crippen molar-refractivity contribution < 1.29 is 8.78 Å². The van der Waals surface area contributed by atoms with Crippen LogP contribution in [-0.4, -0.2) is 14.6 Å². The summed E-state index contributed by atoms with van der Waals surface area (Å²) < 4.78 is 28.6. The predicted octanol–water partition coefficient (Wildman–Crippen LogP) is 2.84. The van der Waals surface area contributed by atoms with Gasteiger partial charge in [-0.25, -0.2) is 18.3 Å². The van der Waals surface area contributed by atoms with Gasteiger partial charge in [0, 0.05) is 18.2 Å². The van der Waals surface area contributed by atoms with Crippen LogP contribution in [0, 0.1) is 24.0 Å². The lowest BCUT2D eigenvalue weighted by molar-refractivity contribution is 0.513. The Balaban J connectivity index is 1.77. The molecular formula is C17H14F2N4. The minimum absolute atomic E-state index is 0.276. The lowest BCUT2D eigenvalue weighted by atomic mass is 10.1. The Labute approximate surface area is 132 Å². The first-order chi connectivity index (χ1) is 11.1. The van der Waals surface area contributed by atoms with Gasteiger partial charge < -0.3 is 5.32 Å². The van der Waals surface area contributed by atoms with Gasteiger partial charge in [-0.2, -0.15) is 5.10 Å².